The first-order valence-electron chi connectivity index (χ1n) is 7.88. The monoisotopic (exact) mass is 314 g/mol. The second-order valence-corrected chi connectivity index (χ2v) is 7.34. The van der Waals surface area contributed by atoms with E-state index in [2.05, 4.69) is 11.6 Å². The second kappa shape index (κ2) is 7.92. The maximum absolute atomic E-state index is 12.3. The molecule has 0 aromatic carbocycles. The number of urea groups is 1. The van der Waals surface area contributed by atoms with Crippen LogP contribution >= 0.6 is 11.8 Å². The van der Waals surface area contributed by atoms with E-state index in [0.29, 0.717) is 30.2 Å². The third kappa shape index (κ3) is 5.09. The molecule has 21 heavy (non-hydrogen) atoms. The minimum Gasteiger partial charge on any atom is -0.481 e. The summed E-state index contributed by atoms with van der Waals surface area (Å²) in [5, 5.41) is 12.6. The molecule has 120 valence electrons. The van der Waals surface area contributed by atoms with Gasteiger partial charge in [0.05, 0.1) is 0 Å². The van der Waals surface area contributed by atoms with Crippen LogP contribution in [0.1, 0.15) is 44.9 Å². The number of hydrogen-bond donors (Lipinski definition) is 2. The van der Waals surface area contributed by atoms with Gasteiger partial charge in [0.1, 0.15) is 0 Å². The highest BCUT2D eigenvalue weighted by atomic mass is 32.2. The van der Waals surface area contributed by atoms with Gasteiger partial charge in [0.25, 0.3) is 0 Å². The molecule has 0 spiro atoms. The van der Waals surface area contributed by atoms with E-state index in [1.165, 1.54) is 6.42 Å². The van der Waals surface area contributed by atoms with Crippen LogP contribution in [0.2, 0.25) is 0 Å². The summed E-state index contributed by atoms with van der Waals surface area (Å²) >= 11 is 1.89. The molecule has 3 unspecified atom stereocenters. The van der Waals surface area contributed by atoms with Crippen LogP contribution in [-0.2, 0) is 4.79 Å². The Hall–Kier alpha value is -0.910. The van der Waals surface area contributed by atoms with E-state index in [0.717, 1.165) is 32.2 Å². The number of aliphatic carboxylic acids is 1. The summed E-state index contributed by atoms with van der Waals surface area (Å²) in [6, 6.07) is 0.358. The molecule has 0 radical (unpaired) electrons. The molecule has 2 rings (SSSR count). The molecule has 6 heteroatoms. The number of nitrogens with zero attached hydrogens (tertiary/aromatic N) is 1. The van der Waals surface area contributed by atoms with Crippen LogP contribution in [0, 0.1) is 5.92 Å². The summed E-state index contributed by atoms with van der Waals surface area (Å²) in [4.78, 5) is 24.9. The minimum absolute atomic E-state index is 0.0433. The second-order valence-electron chi connectivity index (χ2n) is 6.20. The third-order valence-corrected chi connectivity index (χ3v) is 5.71. The minimum atomic E-state index is -0.745. The van der Waals surface area contributed by atoms with Crippen molar-refractivity contribution >= 4 is 23.8 Å². The average molecular weight is 314 g/mol. The Balaban J connectivity index is 1.75. The fourth-order valence-electron chi connectivity index (χ4n) is 3.36. The number of piperidine rings is 1. The van der Waals surface area contributed by atoms with Gasteiger partial charge in [0, 0.05) is 30.8 Å². The van der Waals surface area contributed by atoms with Gasteiger partial charge in [0.15, 0.2) is 0 Å². The summed E-state index contributed by atoms with van der Waals surface area (Å²) in [5.41, 5.74) is 0. The van der Waals surface area contributed by atoms with Crippen molar-refractivity contribution in [2.75, 3.05) is 19.3 Å². The molecule has 2 N–H and O–H groups in total. The van der Waals surface area contributed by atoms with Crippen molar-refractivity contribution in [2.45, 2.75) is 56.2 Å². The Morgan fingerprint density at radius 1 is 1.33 bits per heavy atom. The average Bonchev–Trinajstić information content (AvgIpc) is 2.93. The first-order chi connectivity index (χ1) is 10.1. The van der Waals surface area contributed by atoms with E-state index in [1.54, 1.807) is 0 Å². The lowest BCUT2D eigenvalue weighted by atomic mass is 9.93. The van der Waals surface area contributed by atoms with Crippen molar-refractivity contribution in [3.63, 3.8) is 0 Å². The van der Waals surface area contributed by atoms with Gasteiger partial charge in [0.2, 0.25) is 0 Å². The molecule has 1 saturated heterocycles. The molecule has 1 aliphatic heterocycles. The predicted octanol–water partition coefficient (Wildman–Crippen LogP) is 2.56. The molecular formula is C15H26N2O3S. The quantitative estimate of drug-likeness (QED) is 0.818. The number of thioether (sulfide) groups is 1. The molecular weight excluding hydrogens is 288 g/mol. The summed E-state index contributed by atoms with van der Waals surface area (Å²) in [6.07, 6.45) is 8.37. The van der Waals surface area contributed by atoms with Gasteiger partial charge in [-0.2, -0.15) is 11.8 Å². The number of carboxylic acid groups (broad SMARTS) is 1. The van der Waals surface area contributed by atoms with Crippen LogP contribution in [0.25, 0.3) is 0 Å². The summed E-state index contributed by atoms with van der Waals surface area (Å²) in [7, 11) is 0. The molecule has 0 bridgehead atoms. The molecule has 2 aliphatic rings. The molecule has 1 aliphatic carbocycles. The maximum Gasteiger partial charge on any atom is 0.317 e. The van der Waals surface area contributed by atoms with Crippen LogP contribution in [0.15, 0.2) is 0 Å². The van der Waals surface area contributed by atoms with Crippen LogP contribution in [0.4, 0.5) is 4.79 Å². The van der Waals surface area contributed by atoms with Crippen molar-refractivity contribution in [1.29, 1.82) is 0 Å². The highest BCUT2D eigenvalue weighted by Crippen LogP contribution is 2.28. The van der Waals surface area contributed by atoms with Crippen molar-refractivity contribution in [3.05, 3.63) is 0 Å². The number of rotatable bonds is 5. The van der Waals surface area contributed by atoms with Crippen LogP contribution in [0.3, 0.4) is 0 Å². The fraction of sp³-hybridized carbons (Fsp3) is 0.867. The largest absolute Gasteiger partial charge is 0.481 e. The van der Waals surface area contributed by atoms with Crippen LogP contribution in [0.5, 0.6) is 0 Å². The topological polar surface area (TPSA) is 69.6 Å². The van der Waals surface area contributed by atoms with E-state index in [4.69, 9.17) is 5.11 Å². The Labute approximate surface area is 130 Å². The maximum atomic E-state index is 12.3. The standard InChI is InChI=1S/C15H26N2O3S/c1-21-13-6-5-12(9-13)16-15(20)17-8-2-3-11(10-17)4-7-14(18)19/h11-13H,2-10H2,1H3,(H,16,20)(H,18,19). The lowest BCUT2D eigenvalue weighted by Crippen LogP contribution is -2.48. The Morgan fingerprint density at radius 3 is 2.81 bits per heavy atom. The number of hydrogen-bond acceptors (Lipinski definition) is 3. The van der Waals surface area contributed by atoms with Crippen molar-refractivity contribution < 1.29 is 14.7 Å². The van der Waals surface area contributed by atoms with E-state index in [1.807, 2.05) is 16.7 Å². The van der Waals surface area contributed by atoms with Crippen LogP contribution in [-0.4, -0.2) is 52.6 Å². The lowest BCUT2D eigenvalue weighted by Gasteiger charge is -2.33. The van der Waals surface area contributed by atoms with Crippen molar-refractivity contribution in [3.8, 4) is 0 Å². The van der Waals surface area contributed by atoms with Crippen LogP contribution < -0.4 is 5.32 Å². The summed E-state index contributed by atoms with van der Waals surface area (Å²) in [6.45, 7) is 1.51. The molecule has 1 heterocycles. The predicted molar refractivity (Wildman–Crippen MR) is 84.6 cm³/mol. The van der Waals surface area contributed by atoms with Gasteiger partial charge in [-0.15, -0.1) is 0 Å². The molecule has 0 aromatic rings. The Bertz CT molecular complexity index is 378. The van der Waals surface area contributed by atoms with Gasteiger partial charge in [-0.1, -0.05) is 0 Å². The first kappa shape index (κ1) is 16.5. The first-order valence-corrected chi connectivity index (χ1v) is 9.17. The Kier molecular flexibility index (Phi) is 6.21. The van der Waals surface area contributed by atoms with E-state index < -0.39 is 5.97 Å². The zero-order valence-electron chi connectivity index (χ0n) is 12.7. The van der Waals surface area contributed by atoms with Gasteiger partial charge >= 0.3 is 12.0 Å². The van der Waals surface area contributed by atoms with Crippen molar-refractivity contribution in [2.24, 2.45) is 5.92 Å². The SMILES string of the molecule is CSC1CCC(NC(=O)N2CCCC(CCC(=O)O)C2)C1. The molecule has 1 saturated carbocycles. The molecule has 3 atom stereocenters. The number of nitrogens with one attached hydrogen (secondary N) is 1. The van der Waals surface area contributed by atoms with Gasteiger partial charge in [-0.25, -0.2) is 4.79 Å². The number of carbonyl (C=O) groups is 2. The highest BCUT2D eigenvalue weighted by Gasteiger charge is 2.29. The molecule has 2 amide bonds. The molecule has 0 aromatic heterocycles. The normalized spacial score (nSPS) is 29.4. The van der Waals surface area contributed by atoms with Gasteiger partial charge < -0.3 is 15.3 Å². The van der Waals surface area contributed by atoms with Crippen molar-refractivity contribution in [1.82, 2.24) is 10.2 Å². The zero-order chi connectivity index (χ0) is 15.2. The lowest BCUT2D eigenvalue weighted by molar-refractivity contribution is -0.137. The summed E-state index contributed by atoms with van der Waals surface area (Å²) in [5.74, 6) is -0.409. The van der Waals surface area contributed by atoms with E-state index in [9.17, 15) is 9.59 Å². The van der Waals surface area contributed by atoms with Gasteiger partial charge in [-0.05, 0) is 50.7 Å². The smallest absolute Gasteiger partial charge is 0.317 e. The zero-order valence-corrected chi connectivity index (χ0v) is 13.5. The highest BCUT2D eigenvalue weighted by molar-refractivity contribution is 7.99. The number of carboxylic acids is 1. The molecule has 2 fully saturated rings. The summed E-state index contributed by atoms with van der Waals surface area (Å²) < 4.78 is 0. The number of likely N-dealkylation sites (tertiary alicyclic amines) is 1. The Morgan fingerprint density at radius 2 is 2.14 bits per heavy atom. The number of amides is 2. The third-order valence-electron chi connectivity index (χ3n) is 4.62. The fourth-order valence-corrected chi connectivity index (χ4v) is 4.16. The van der Waals surface area contributed by atoms with E-state index >= 15 is 0 Å². The van der Waals surface area contributed by atoms with E-state index in [-0.39, 0.29) is 12.5 Å². The van der Waals surface area contributed by atoms with Gasteiger partial charge in [-0.3, -0.25) is 4.79 Å². The number of carbonyl (C=O) groups excluding carboxylic acids is 1. The molecule has 5 nitrogen and oxygen atoms in total.